The summed E-state index contributed by atoms with van der Waals surface area (Å²) in [6, 6.07) is 15.4. The van der Waals surface area contributed by atoms with Gasteiger partial charge in [-0.1, -0.05) is 12.1 Å². The summed E-state index contributed by atoms with van der Waals surface area (Å²) < 4.78 is 7.43. The number of nitrogens with zero attached hydrogens (tertiary/aromatic N) is 5. The van der Waals surface area contributed by atoms with Crippen LogP contribution in [0.3, 0.4) is 0 Å². The minimum atomic E-state index is 0.411. The molecule has 3 aromatic rings. The lowest BCUT2D eigenvalue weighted by Gasteiger charge is -2.09. The predicted octanol–water partition coefficient (Wildman–Crippen LogP) is 2.84. The summed E-state index contributed by atoms with van der Waals surface area (Å²) in [6.45, 7) is 5.04. The van der Waals surface area contributed by atoms with E-state index in [-0.39, 0.29) is 0 Å². The molecule has 2 heterocycles. The second-order valence-corrected chi connectivity index (χ2v) is 5.87. The summed E-state index contributed by atoms with van der Waals surface area (Å²) >= 11 is 0. The minimum absolute atomic E-state index is 0.411. The first-order chi connectivity index (χ1) is 12.7. The number of rotatable bonds is 7. The van der Waals surface area contributed by atoms with Gasteiger partial charge in [0.15, 0.2) is 5.82 Å². The molecule has 132 valence electrons. The van der Waals surface area contributed by atoms with Gasteiger partial charge in [0.2, 0.25) is 0 Å². The van der Waals surface area contributed by atoms with Crippen LogP contribution in [0.1, 0.15) is 17.0 Å². The molecule has 7 nitrogen and oxygen atoms in total. The predicted molar refractivity (Wildman–Crippen MR) is 98.4 cm³/mol. The highest BCUT2D eigenvalue weighted by molar-refractivity contribution is 5.37. The van der Waals surface area contributed by atoms with Crippen LogP contribution in [0.25, 0.3) is 5.82 Å². The molecule has 0 bridgehead atoms. The van der Waals surface area contributed by atoms with Crippen molar-refractivity contribution in [2.75, 3.05) is 18.5 Å². The smallest absolute Gasteiger partial charge is 0.176 e. The number of hydrogen-bond donors (Lipinski definition) is 1. The van der Waals surface area contributed by atoms with Gasteiger partial charge in [0.05, 0.1) is 24.7 Å². The fourth-order valence-electron chi connectivity index (χ4n) is 2.54. The Balaban J connectivity index is 1.48. The molecule has 0 amide bonds. The van der Waals surface area contributed by atoms with E-state index in [4.69, 9.17) is 10.00 Å². The van der Waals surface area contributed by atoms with Gasteiger partial charge in [-0.25, -0.2) is 4.68 Å². The minimum Gasteiger partial charge on any atom is -0.492 e. The van der Waals surface area contributed by atoms with Gasteiger partial charge in [-0.3, -0.25) is 0 Å². The van der Waals surface area contributed by atoms with Crippen LogP contribution in [0.2, 0.25) is 0 Å². The fourth-order valence-corrected chi connectivity index (χ4v) is 2.54. The number of ether oxygens (including phenoxy) is 1. The topological polar surface area (TPSA) is 88.7 Å². The van der Waals surface area contributed by atoms with Crippen molar-refractivity contribution in [2.45, 2.75) is 20.3 Å². The van der Waals surface area contributed by atoms with Crippen LogP contribution in [-0.4, -0.2) is 33.1 Å². The first kappa shape index (κ1) is 17.4. The highest BCUT2D eigenvalue weighted by Gasteiger charge is 2.05. The number of aromatic nitrogens is 4. The van der Waals surface area contributed by atoms with Gasteiger partial charge < -0.3 is 10.1 Å². The lowest BCUT2D eigenvalue weighted by Crippen LogP contribution is -2.13. The summed E-state index contributed by atoms with van der Waals surface area (Å²) in [5.74, 6) is 2.15. The molecular weight excluding hydrogens is 328 g/mol. The Morgan fingerprint density at radius 3 is 2.54 bits per heavy atom. The van der Waals surface area contributed by atoms with Crippen molar-refractivity contribution in [3.05, 3.63) is 59.4 Å². The van der Waals surface area contributed by atoms with Crippen molar-refractivity contribution in [1.82, 2.24) is 20.0 Å². The summed E-state index contributed by atoms with van der Waals surface area (Å²) in [4.78, 5) is 0. The molecule has 2 aromatic heterocycles. The molecular formula is C19H20N6O. The Morgan fingerprint density at radius 1 is 1.12 bits per heavy atom. The van der Waals surface area contributed by atoms with E-state index in [9.17, 15) is 0 Å². The quantitative estimate of drug-likeness (QED) is 0.661. The van der Waals surface area contributed by atoms with Crippen LogP contribution in [0.5, 0.6) is 5.75 Å². The van der Waals surface area contributed by atoms with Gasteiger partial charge in [-0.15, -0.1) is 10.2 Å². The standard InChI is InChI=1S/C19H20N6O/c1-14-13-15(2)25(24-14)19-8-7-18(22-23-19)21-11-12-26-17-5-3-16(4-6-17)9-10-20/h3-8,13H,9,11-12H2,1-2H3,(H,21,22). The first-order valence-corrected chi connectivity index (χ1v) is 8.35. The third-order valence-electron chi connectivity index (χ3n) is 3.76. The Kier molecular flexibility index (Phi) is 5.44. The van der Waals surface area contributed by atoms with E-state index in [1.165, 1.54) is 0 Å². The van der Waals surface area contributed by atoms with Gasteiger partial charge in [-0.2, -0.15) is 10.4 Å². The molecule has 0 aliphatic carbocycles. The zero-order valence-corrected chi connectivity index (χ0v) is 14.8. The Bertz CT molecular complexity index is 893. The SMILES string of the molecule is Cc1cc(C)n(-c2ccc(NCCOc3ccc(CC#N)cc3)nn2)n1. The summed E-state index contributed by atoms with van der Waals surface area (Å²) in [6.07, 6.45) is 0.411. The van der Waals surface area contributed by atoms with Gasteiger partial charge in [0.1, 0.15) is 18.2 Å². The maximum absolute atomic E-state index is 8.66. The van der Waals surface area contributed by atoms with E-state index < -0.39 is 0 Å². The molecule has 0 unspecified atom stereocenters. The molecule has 1 aromatic carbocycles. The lowest BCUT2D eigenvalue weighted by atomic mass is 10.2. The average molecular weight is 348 g/mol. The number of nitrogens with one attached hydrogen (secondary N) is 1. The van der Waals surface area contributed by atoms with Crippen LogP contribution < -0.4 is 10.1 Å². The van der Waals surface area contributed by atoms with E-state index in [0.717, 1.165) is 22.7 Å². The van der Waals surface area contributed by atoms with Crippen LogP contribution in [0.4, 0.5) is 5.82 Å². The van der Waals surface area contributed by atoms with E-state index in [1.807, 2.05) is 56.3 Å². The maximum Gasteiger partial charge on any atom is 0.176 e. The second kappa shape index (κ2) is 8.12. The Morgan fingerprint density at radius 2 is 1.92 bits per heavy atom. The molecule has 0 saturated carbocycles. The number of benzene rings is 1. The largest absolute Gasteiger partial charge is 0.492 e. The molecule has 0 aliphatic rings. The van der Waals surface area contributed by atoms with Crippen molar-refractivity contribution >= 4 is 5.82 Å². The summed E-state index contributed by atoms with van der Waals surface area (Å²) in [7, 11) is 0. The number of aryl methyl sites for hydroxylation is 2. The Labute approximate surface area is 152 Å². The average Bonchev–Trinajstić information content (AvgIpc) is 2.99. The molecule has 0 spiro atoms. The third-order valence-corrected chi connectivity index (χ3v) is 3.76. The lowest BCUT2D eigenvalue weighted by molar-refractivity contribution is 0.332. The molecule has 0 atom stereocenters. The molecule has 0 fully saturated rings. The van der Waals surface area contributed by atoms with Crippen molar-refractivity contribution in [1.29, 1.82) is 5.26 Å². The van der Waals surface area contributed by atoms with Gasteiger partial charge in [-0.05, 0) is 49.7 Å². The van der Waals surface area contributed by atoms with Crippen molar-refractivity contribution in [2.24, 2.45) is 0 Å². The van der Waals surface area contributed by atoms with E-state index in [0.29, 0.717) is 31.2 Å². The normalized spacial score (nSPS) is 10.3. The second-order valence-electron chi connectivity index (χ2n) is 5.87. The van der Waals surface area contributed by atoms with E-state index in [2.05, 4.69) is 26.7 Å². The van der Waals surface area contributed by atoms with Gasteiger partial charge >= 0.3 is 0 Å². The highest BCUT2D eigenvalue weighted by Crippen LogP contribution is 2.13. The molecule has 7 heteroatoms. The van der Waals surface area contributed by atoms with Gasteiger partial charge in [0, 0.05) is 5.69 Å². The van der Waals surface area contributed by atoms with E-state index >= 15 is 0 Å². The first-order valence-electron chi connectivity index (χ1n) is 8.35. The molecule has 1 N–H and O–H groups in total. The van der Waals surface area contributed by atoms with Crippen LogP contribution in [0, 0.1) is 25.2 Å². The number of nitriles is 1. The van der Waals surface area contributed by atoms with Crippen molar-refractivity contribution in [3.63, 3.8) is 0 Å². The van der Waals surface area contributed by atoms with Crippen molar-refractivity contribution in [3.8, 4) is 17.6 Å². The zero-order valence-electron chi connectivity index (χ0n) is 14.8. The Hall–Kier alpha value is -3.40. The number of anilines is 1. The molecule has 0 aliphatic heterocycles. The zero-order chi connectivity index (χ0) is 18.4. The molecule has 26 heavy (non-hydrogen) atoms. The van der Waals surface area contributed by atoms with Crippen LogP contribution >= 0.6 is 0 Å². The maximum atomic E-state index is 8.66. The molecule has 0 saturated heterocycles. The third kappa shape index (κ3) is 4.36. The fraction of sp³-hybridized carbons (Fsp3) is 0.263. The van der Waals surface area contributed by atoms with Crippen molar-refractivity contribution < 1.29 is 4.74 Å². The monoisotopic (exact) mass is 348 g/mol. The van der Waals surface area contributed by atoms with Gasteiger partial charge in [0.25, 0.3) is 0 Å². The number of hydrogen-bond acceptors (Lipinski definition) is 6. The van der Waals surface area contributed by atoms with E-state index in [1.54, 1.807) is 4.68 Å². The van der Waals surface area contributed by atoms with Crippen LogP contribution in [-0.2, 0) is 6.42 Å². The summed E-state index contributed by atoms with van der Waals surface area (Å²) in [5, 5.41) is 24.6. The van der Waals surface area contributed by atoms with Crippen LogP contribution in [0.15, 0.2) is 42.5 Å². The molecule has 0 radical (unpaired) electrons. The molecule has 3 rings (SSSR count). The highest BCUT2D eigenvalue weighted by atomic mass is 16.5. The summed E-state index contributed by atoms with van der Waals surface area (Å²) in [5.41, 5.74) is 2.95.